The van der Waals surface area contributed by atoms with Gasteiger partial charge in [-0.3, -0.25) is 0 Å². The summed E-state index contributed by atoms with van der Waals surface area (Å²) in [7, 11) is 0. The summed E-state index contributed by atoms with van der Waals surface area (Å²) in [5, 5.41) is 0. The van der Waals surface area contributed by atoms with Crippen molar-refractivity contribution in [1.29, 1.82) is 0 Å². The third-order valence-electron chi connectivity index (χ3n) is 2.21. The van der Waals surface area contributed by atoms with E-state index in [0.29, 0.717) is 12.2 Å². The molecule has 15 heavy (non-hydrogen) atoms. The van der Waals surface area contributed by atoms with Gasteiger partial charge in [0, 0.05) is 12.2 Å². The molecule has 0 atom stereocenters. The van der Waals surface area contributed by atoms with Gasteiger partial charge in [0.2, 0.25) is 0 Å². The van der Waals surface area contributed by atoms with Crippen molar-refractivity contribution in [1.82, 2.24) is 0 Å². The van der Waals surface area contributed by atoms with Crippen LogP contribution in [0.4, 0.5) is 18.9 Å². The number of hydrogen-bond acceptors (Lipinski definition) is 1. The molecule has 0 aliphatic rings. The van der Waals surface area contributed by atoms with Crippen molar-refractivity contribution in [2.45, 2.75) is 20.0 Å². The zero-order valence-electron chi connectivity index (χ0n) is 8.80. The minimum Gasteiger partial charge on any atom is -0.363 e. The maximum atomic E-state index is 12.3. The van der Waals surface area contributed by atoms with Crippen molar-refractivity contribution >= 4 is 5.69 Å². The van der Waals surface area contributed by atoms with Gasteiger partial charge >= 0.3 is 6.18 Å². The van der Waals surface area contributed by atoms with Crippen molar-refractivity contribution in [2.24, 2.45) is 0 Å². The third kappa shape index (κ3) is 3.46. The number of rotatable bonds is 3. The van der Waals surface area contributed by atoms with Gasteiger partial charge in [-0.1, -0.05) is 18.2 Å². The van der Waals surface area contributed by atoms with Gasteiger partial charge in [0.25, 0.3) is 0 Å². The predicted octanol–water partition coefficient (Wildman–Crippen LogP) is 3.38. The van der Waals surface area contributed by atoms with E-state index in [1.165, 1.54) is 4.90 Å². The SMILES string of the molecule is CCN(CC(F)(F)F)c1ccccc1C. The molecule has 4 heteroatoms. The monoisotopic (exact) mass is 217 g/mol. The number of hydrogen-bond donors (Lipinski definition) is 0. The molecule has 0 radical (unpaired) electrons. The Morgan fingerprint density at radius 2 is 1.80 bits per heavy atom. The van der Waals surface area contributed by atoms with Gasteiger partial charge < -0.3 is 4.90 Å². The first-order valence-electron chi connectivity index (χ1n) is 4.81. The summed E-state index contributed by atoms with van der Waals surface area (Å²) in [5.74, 6) is 0. The number of halogens is 3. The molecule has 1 aromatic rings. The summed E-state index contributed by atoms with van der Waals surface area (Å²) in [5.41, 5.74) is 1.51. The predicted molar refractivity (Wildman–Crippen MR) is 55.1 cm³/mol. The van der Waals surface area contributed by atoms with Crippen molar-refractivity contribution < 1.29 is 13.2 Å². The third-order valence-corrected chi connectivity index (χ3v) is 2.21. The Kier molecular flexibility index (Phi) is 3.61. The van der Waals surface area contributed by atoms with E-state index in [9.17, 15) is 13.2 Å². The summed E-state index contributed by atoms with van der Waals surface area (Å²) in [6.07, 6.45) is -4.15. The van der Waals surface area contributed by atoms with Crippen LogP contribution in [0.3, 0.4) is 0 Å². The highest BCUT2D eigenvalue weighted by molar-refractivity contribution is 5.52. The highest BCUT2D eigenvalue weighted by Crippen LogP contribution is 2.24. The maximum Gasteiger partial charge on any atom is 0.405 e. The van der Waals surface area contributed by atoms with Crippen LogP contribution < -0.4 is 4.90 Å². The van der Waals surface area contributed by atoms with E-state index in [1.54, 1.807) is 19.1 Å². The highest BCUT2D eigenvalue weighted by Gasteiger charge is 2.30. The van der Waals surface area contributed by atoms with E-state index in [4.69, 9.17) is 0 Å². The molecular weight excluding hydrogens is 203 g/mol. The second-order valence-corrected chi connectivity index (χ2v) is 3.42. The van der Waals surface area contributed by atoms with Crippen LogP contribution in [0.15, 0.2) is 24.3 Å². The molecule has 0 N–H and O–H groups in total. The first-order valence-corrected chi connectivity index (χ1v) is 4.81. The quantitative estimate of drug-likeness (QED) is 0.750. The molecule has 84 valence electrons. The molecular formula is C11H14F3N. The van der Waals surface area contributed by atoms with E-state index in [0.717, 1.165) is 5.56 Å². The molecule has 0 spiro atoms. The minimum absolute atomic E-state index is 0.352. The van der Waals surface area contributed by atoms with E-state index in [1.807, 2.05) is 19.1 Å². The first-order chi connectivity index (χ1) is 6.94. The van der Waals surface area contributed by atoms with Crippen LogP contribution in [0, 0.1) is 6.92 Å². The van der Waals surface area contributed by atoms with Gasteiger partial charge in [0.05, 0.1) is 0 Å². The molecule has 1 rings (SSSR count). The molecule has 0 aliphatic heterocycles. The molecule has 1 nitrogen and oxygen atoms in total. The number of nitrogens with zero attached hydrogens (tertiary/aromatic N) is 1. The normalized spacial score (nSPS) is 11.5. The van der Waals surface area contributed by atoms with Crippen LogP contribution in [-0.4, -0.2) is 19.3 Å². The summed E-state index contributed by atoms with van der Waals surface area (Å²) in [6, 6.07) is 7.10. The highest BCUT2D eigenvalue weighted by atomic mass is 19.4. The summed E-state index contributed by atoms with van der Waals surface area (Å²) in [4.78, 5) is 1.33. The van der Waals surface area contributed by atoms with Gasteiger partial charge in [-0.15, -0.1) is 0 Å². The molecule has 0 heterocycles. The van der Waals surface area contributed by atoms with E-state index in [2.05, 4.69) is 0 Å². The number of aryl methyl sites for hydroxylation is 1. The average Bonchev–Trinajstić information content (AvgIpc) is 2.14. The summed E-state index contributed by atoms with van der Waals surface area (Å²) >= 11 is 0. The van der Waals surface area contributed by atoms with Crippen LogP contribution in [-0.2, 0) is 0 Å². The lowest BCUT2D eigenvalue weighted by atomic mass is 10.2. The molecule has 0 bridgehead atoms. The number of benzene rings is 1. The van der Waals surface area contributed by atoms with Gasteiger partial charge in [-0.05, 0) is 25.5 Å². The first kappa shape index (κ1) is 11.9. The second-order valence-electron chi connectivity index (χ2n) is 3.42. The lowest BCUT2D eigenvalue weighted by molar-refractivity contribution is -0.119. The topological polar surface area (TPSA) is 3.24 Å². The Hall–Kier alpha value is -1.19. The van der Waals surface area contributed by atoms with Crippen LogP contribution in [0.1, 0.15) is 12.5 Å². The Balaban J connectivity index is 2.88. The molecule has 0 saturated carbocycles. The molecule has 0 saturated heterocycles. The Morgan fingerprint density at radius 1 is 1.20 bits per heavy atom. The average molecular weight is 217 g/mol. The fourth-order valence-corrected chi connectivity index (χ4v) is 1.50. The Labute approximate surface area is 87.5 Å². The zero-order valence-corrected chi connectivity index (χ0v) is 8.80. The summed E-state index contributed by atoms with van der Waals surface area (Å²) < 4.78 is 36.8. The Morgan fingerprint density at radius 3 is 2.27 bits per heavy atom. The molecule has 0 amide bonds. The van der Waals surface area contributed by atoms with Gasteiger partial charge in [0.1, 0.15) is 6.54 Å². The zero-order chi connectivity index (χ0) is 11.5. The van der Waals surface area contributed by atoms with Crippen LogP contribution in [0.2, 0.25) is 0 Å². The smallest absolute Gasteiger partial charge is 0.363 e. The molecule has 0 unspecified atom stereocenters. The van der Waals surface area contributed by atoms with Crippen LogP contribution in [0.5, 0.6) is 0 Å². The van der Waals surface area contributed by atoms with Crippen molar-refractivity contribution in [3.8, 4) is 0 Å². The lowest BCUT2D eigenvalue weighted by Crippen LogP contribution is -2.34. The second kappa shape index (κ2) is 4.55. The van der Waals surface area contributed by atoms with Crippen molar-refractivity contribution in [3.05, 3.63) is 29.8 Å². The molecule has 0 aliphatic carbocycles. The lowest BCUT2D eigenvalue weighted by Gasteiger charge is -2.25. The van der Waals surface area contributed by atoms with E-state index in [-0.39, 0.29) is 0 Å². The van der Waals surface area contributed by atoms with Crippen LogP contribution in [0.25, 0.3) is 0 Å². The van der Waals surface area contributed by atoms with Gasteiger partial charge in [0.15, 0.2) is 0 Å². The van der Waals surface area contributed by atoms with E-state index >= 15 is 0 Å². The van der Waals surface area contributed by atoms with Gasteiger partial charge in [-0.25, -0.2) is 0 Å². The Bertz CT molecular complexity index is 320. The van der Waals surface area contributed by atoms with E-state index < -0.39 is 12.7 Å². The fourth-order valence-electron chi connectivity index (χ4n) is 1.50. The number of para-hydroxylation sites is 1. The molecule has 0 aromatic heterocycles. The van der Waals surface area contributed by atoms with Crippen LogP contribution >= 0.6 is 0 Å². The fraction of sp³-hybridized carbons (Fsp3) is 0.455. The number of anilines is 1. The standard InChI is InChI=1S/C11H14F3N/c1-3-15(8-11(12,13)14)10-7-5-4-6-9(10)2/h4-7H,3,8H2,1-2H3. The number of alkyl halides is 3. The summed E-state index contributed by atoms with van der Waals surface area (Å²) in [6.45, 7) is 2.99. The largest absolute Gasteiger partial charge is 0.405 e. The van der Waals surface area contributed by atoms with Gasteiger partial charge in [-0.2, -0.15) is 13.2 Å². The minimum atomic E-state index is -4.15. The maximum absolute atomic E-state index is 12.3. The molecule has 0 fully saturated rings. The van der Waals surface area contributed by atoms with Crippen molar-refractivity contribution in [3.63, 3.8) is 0 Å². The van der Waals surface area contributed by atoms with Crippen molar-refractivity contribution in [2.75, 3.05) is 18.0 Å². The molecule has 1 aromatic carbocycles.